The topological polar surface area (TPSA) is 90.4 Å². The first-order chi connectivity index (χ1) is 17.0. The number of rotatable bonds is 6. The van der Waals surface area contributed by atoms with E-state index in [1.54, 1.807) is 47.4 Å². The molecule has 3 heterocycles. The number of anilines is 1. The number of aliphatic hydroxyl groups excluding tert-OH is 1. The highest BCUT2D eigenvalue weighted by Crippen LogP contribution is 2.53. The van der Waals surface area contributed by atoms with Crippen LogP contribution < -0.4 is 4.90 Å². The monoisotopic (exact) mass is 475 g/mol. The lowest BCUT2D eigenvalue weighted by Gasteiger charge is -2.36. The summed E-state index contributed by atoms with van der Waals surface area (Å²) in [5.41, 5.74) is -0.260. The zero-order chi connectivity index (χ0) is 24.6. The Morgan fingerprint density at radius 1 is 0.943 bits per heavy atom. The second-order valence-electron chi connectivity index (χ2n) is 9.01. The second-order valence-corrected chi connectivity index (χ2v) is 9.01. The number of amides is 2. The molecule has 2 saturated heterocycles. The van der Waals surface area contributed by atoms with E-state index in [2.05, 4.69) is 4.90 Å². The average molecular weight is 476 g/mol. The minimum absolute atomic E-state index is 0.160. The summed E-state index contributed by atoms with van der Waals surface area (Å²) in [6.45, 7) is 5.72. The Balaban J connectivity index is 1.70. The molecule has 182 valence electrons. The van der Waals surface area contributed by atoms with E-state index in [-0.39, 0.29) is 23.8 Å². The van der Waals surface area contributed by atoms with Gasteiger partial charge in [0, 0.05) is 43.9 Å². The third-order valence-electron chi connectivity index (χ3n) is 7.05. The minimum Gasteiger partial charge on any atom is -0.507 e. The maximum atomic E-state index is 14.3. The number of ketones is 1. The first kappa shape index (κ1) is 23.3. The van der Waals surface area contributed by atoms with Gasteiger partial charge in [-0.15, -0.1) is 0 Å². The molecule has 0 saturated carbocycles. The Kier molecular flexibility index (Phi) is 6.17. The summed E-state index contributed by atoms with van der Waals surface area (Å²) in [7, 11) is 0. The lowest BCUT2D eigenvalue weighted by atomic mass is 9.82. The van der Waals surface area contributed by atoms with Crippen LogP contribution >= 0.6 is 0 Å². The molecule has 1 spiro atoms. The molecule has 3 aliphatic rings. The Morgan fingerprint density at radius 3 is 2.34 bits per heavy atom. The molecule has 35 heavy (non-hydrogen) atoms. The van der Waals surface area contributed by atoms with Crippen molar-refractivity contribution in [3.63, 3.8) is 0 Å². The van der Waals surface area contributed by atoms with E-state index < -0.39 is 17.2 Å². The van der Waals surface area contributed by atoms with Crippen molar-refractivity contribution in [1.82, 2.24) is 9.80 Å². The van der Waals surface area contributed by atoms with Gasteiger partial charge in [-0.2, -0.15) is 0 Å². The SMILES string of the molecule is CCCN1C(=O)C2(/C(=C(\O)c3ccccc3)C(=O)C(=O)N2CCN2CCOCC2)c2ccccc21. The predicted molar refractivity (Wildman–Crippen MR) is 131 cm³/mol. The van der Waals surface area contributed by atoms with Gasteiger partial charge >= 0.3 is 0 Å². The second kappa shape index (κ2) is 9.28. The van der Waals surface area contributed by atoms with Crippen molar-refractivity contribution in [2.24, 2.45) is 0 Å². The van der Waals surface area contributed by atoms with Gasteiger partial charge in [0.15, 0.2) is 5.54 Å². The van der Waals surface area contributed by atoms with E-state index in [1.165, 1.54) is 4.90 Å². The number of benzene rings is 2. The molecule has 2 aromatic carbocycles. The van der Waals surface area contributed by atoms with E-state index in [9.17, 15) is 19.5 Å². The molecule has 0 aromatic heterocycles. The van der Waals surface area contributed by atoms with Gasteiger partial charge in [-0.05, 0) is 12.5 Å². The van der Waals surface area contributed by atoms with Gasteiger partial charge in [0.25, 0.3) is 17.6 Å². The minimum atomic E-state index is -1.70. The van der Waals surface area contributed by atoms with Crippen molar-refractivity contribution < 1.29 is 24.2 Å². The fourth-order valence-electron chi connectivity index (χ4n) is 5.42. The highest BCUT2D eigenvalue weighted by molar-refractivity contribution is 6.50. The van der Waals surface area contributed by atoms with Crippen LogP contribution in [0.25, 0.3) is 5.76 Å². The van der Waals surface area contributed by atoms with Crippen LogP contribution in [0, 0.1) is 0 Å². The molecule has 0 aliphatic carbocycles. The number of hydrogen-bond acceptors (Lipinski definition) is 6. The Morgan fingerprint density at radius 2 is 1.63 bits per heavy atom. The summed E-state index contributed by atoms with van der Waals surface area (Å²) in [4.78, 5) is 46.5. The van der Waals surface area contributed by atoms with E-state index in [1.807, 2.05) is 19.1 Å². The summed E-state index contributed by atoms with van der Waals surface area (Å²) in [5.74, 6) is -2.31. The van der Waals surface area contributed by atoms with Gasteiger partial charge in [0.05, 0.1) is 24.5 Å². The fraction of sp³-hybridized carbons (Fsp3) is 0.370. The smallest absolute Gasteiger partial charge is 0.296 e. The van der Waals surface area contributed by atoms with Crippen LogP contribution in [0.2, 0.25) is 0 Å². The average Bonchev–Trinajstić information content (AvgIpc) is 3.27. The normalized spacial score (nSPS) is 24.0. The predicted octanol–water partition coefficient (Wildman–Crippen LogP) is 2.35. The van der Waals surface area contributed by atoms with E-state index in [0.717, 1.165) is 0 Å². The molecular weight excluding hydrogens is 446 g/mol. The number of Topliss-reactive ketones (excluding diaryl/α,β-unsaturated/α-hetero) is 1. The van der Waals surface area contributed by atoms with Gasteiger partial charge in [0.1, 0.15) is 5.76 Å². The molecule has 1 unspecified atom stereocenters. The molecule has 0 radical (unpaired) electrons. The molecule has 3 aliphatic heterocycles. The Labute approximate surface area is 204 Å². The lowest BCUT2D eigenvalue weighted by molar-refractivity contribution is -0.144. The summed E-state index contributed by atoms with van der Waals surface area (Å²) < 4.78 is 5.43. The number of fused-ring (bicyclic) bond motifs is 2. The van der Waals surface area contributed by atoms with Crippen LogP contribution in [0.15, 0.2) is 60.2 Å². The molecule has 1 atom stereocenters. The first-order valence-electron chi connectivity index (χ1n) is 12.1. The number of hydrogen-bond donors (Lipinski definition) is 1. The largest absolute Gasteiger partial charge is 0.507 e. The summed E-state index contributed by atoms with van der Waals surface area (Å²) >= 11 is 0. The fourth-order valence-corrected chi connectivity index (χ4v) is 5.42. The number of morpholine rings is 1. The van der Waals surface area contributed by atoms with Crippen molar-refractivity contribution in [3.8, 4) is 0 Å². The van der Waals surface area contributed by atoms with Crippen molar-refractivity contribution >= 4 is 29.0 Å². The highest BCUT2D eigenvalue weighted by Gasteiger charge is 2.66. The number of carbonyl (C=O) groups is 3. The zero-order valence-corrected chi connectivity index (χ0v) is 19.8. The molecule has 2 amide bonds. The van der Waals surface area contributed by atoms with E-state index in [0.29, 0.717) is 62.6 Å². The van der Waals surface area contributed by atoms with Gasteiger partial charge in [-0.1, -0.05) is 55.5 Å². The maximum Gasteiger partial charge on any atom is 0.296 e. The molecule has 2 fully saturated rings. The Hall–Kier alpha value is -3.49. The third-order valence-corrected chi connectivity index (χ3v) is 7.05. The molecule has 8 heteroatoms. The van der Waals surface area contributed by atoms with Crippen molar-refractivity contribution in [1.29, 1.82) is 0 Å². The Bertz CT molecular complexity index is 1190. The zero-order valence-electron chi connectivity index (χ0n) is 19.8. The van der Waals surface area contributed by atoms with Gasteiger partial charge in [0.2, 0.25) is 0 Å². The van der Waals surface area contributed by atoms with E-state index >= 15 is 0 Å². The molecule has 1 N–H and O–H groups in total. The van der Waals surface area contributed by atoms with Crippen molar-refractivity contribution in [3.05, 3.63) is 71.3 Å². The molecule has 8 nitrogen and oxygen atoms in total. The van der Waals surface area contributed by atoms with Crippen LogP contribution in [0.1, 0.15) is 24.5 Å². The van der Waals surface area contributed by atoms with Crippen LogP contribution in [-0.4, -0.2) is 78.4 Å². The van der Waals surface area contributed by atoms with Crippen molar-refractivity contribution in [2.75, 3.05) is 50.8 Å². The number of para-hydroxylation sites is 1. The number of ether oxygens (including phenoxy) is 1. The number of aliphatic hydroxyl groups is 1. The standard InChI is InChI=1S/C27H29N3O5/c1-2-12-29-21-11-7-6-10-20(21)27(26(29)34)22(23(31)19-8-4-3-5-9-19)24(32)25(33)30(27)14-13-28-15-17-35-18-16-28/h3-11,31H,2,12-18H2,1H3/b23-22-. The summed E-state index contributed by atoms with van der Waals surface area (Å²) in [6.07, 6.45) is 0.704. The van der Waals surface area contributed by atoms with Gasteiger partial charge in [-0.3, -0.25) is 19.3 Å². The first-order valence-corrected chi connectivity index (χ1v) is 12.1. The van der Waals surface area contributed by atoms with Crippen LogP contribution in [0.4, 0.5) is 5.69 Å². The van der Waals surface area contributed by atoms with Crippen LogP contribution in [0.5, 0.6) is 0 Å². The van der Waals surface area contributed by atoms with Gasteiger partial charge in [-0.25, -0.2) is 0 Å². The molecule has 2 aromatic rings. The van der Waals surface area contributed by atoms with Crippen LogP contribution in [-0.2, 0) is 24.7 Å². The van der Waals surface area contributed by atoms with Gasteiger partial charge < -0.3 is 19.6 Å². The quantitative estimate of drug-likeness (QED) is 0.392. The number of carbonyl (C=O) groups excluding carboxylic acids is 3. The number of likely N-dealkylation sites (tertiary alicyclic amines) is 1. The highest BCUT2D eigenvalue weighted by atomic mass is 16.5. The molecule has 0 bridgehead atoms. The third kappa shape index (κ3) is 3.56. The summed E-state index contributed by atoms with van der Waals surface area (Å²) in [6, 6.07) is 15.9. The maximum absolute atomic E-state index is 14.3. The molecule has 5 rings (SSSR count). The van der Waals surface area contributed by atoms with Crippen LogP contribution in [0.3, 0.4) is 0 Å². The lowest BCUT2D eigenvalue weighted by Crippen LogP contribution is -2.54. The van der Waals surface area contributed by atoms with E-state index in [4.69, 9.17) is 4.74 Å². The number of nitrogens with zero attached hydrogens (tertiary/aromatic N) is 3. The summed E-state index contributed by atoms with van der Waals surface area (Å²) in [5, 5.41) is 11.4. The van der Waals surface area contributed by atoms with Crippen molar-refractivity contribution in [2.45, 2.75) is 18.9 Å². The molecular formula is C27H29N3O5.